The lowest BCUT2D eigenvalue weighted by atomic mass is 9.76. The number of unbranched alkanes of at least 4 members (excludes halogenated alkanes) is 1. The van der Waals surface area contributed by atoms with Crippen molar-refractivity contribution >= 4 is 41.7 Å². The Balaban J connectivity index is 0.00000171. The van der Waals surface area contributed by atoms with Crippen LogP contribution in [0.4, 0.5) is 5.82 Å². The Morgan fingerprint density at radius 3 is 2.58 bits per heavy atom. The highest BCUT2D eigenvalue weighted by Gasteiger charge is 2.42. The Labute approximate surface area is 198 Å². The Bertz CT molecular complexity index is 835. The van der Waals surface area contributed by atoms with Crippen LogP contribution in [0, 0.1) is 11.3 Å². The van der Waals surface area contributed by atoms with Gasteiger partial charge in [0, 0.05) is 26.2 Å². The summed E-state index contributed by atoms with van der Waals surface area (Å²) in [5.41, 5.74) is 8.28. The molecule has 2 aromatic heterocycles. The fraction of sp³-hybridized carbons (Fsp3) is 0.773. The number of fused-ring (bicyclic) bond motifs is 1. The van der Waals surface area contributed by atoms with E-state index in [4.69, 9.17) is 20.6 Å². The van der Waals surface area contributed by atoms with Crippen LogP contribution in [0.25, 0.3) is 11.0 Å². The Kier molecular flexibility index (Phi) is 9.37. The van der Waals surface area contributed by atoms with Gasteiger partial charge in [-0.3, -0.25) is 0 Å². The van der Waals surface area contributed by atoms with Gasteiger partial charge in [-0.1, -0.05) is 27.2 Å². The molecule has 176 valence electrons. The number of hydrogen-bond acceptors (Lipinski definition) is 6. The van der Waals surface area contributed by atoms with Crippen LogP contribution in [0.2, 0.25) is 0 Å². The minimum Gasteiger partial charge on any atom is -0.376 e. The molecule has 2 aliphatic heterocycles. The molecule has 4 rings (SSSR count). The molecule has 2 aliphatic rings. The van der Waals surface area contributed by atoms with Crippen molar-refractivity contribution in [1.29, 1.82) is 0 Å². The molecule has 0 aliphatic carbocycles. The molecule has 0 amide bonds. The summed E-state index contributed by atoms with van der Waals surface area (Å²) in [5, 5.41) is 6.13. The van der Waals surface area contributed by atoms with Crippen molar-refractivity contribution in [3.05, 3.63) is 12.0 Å². The molecule has 2 saturated heterocycles. The molecular weight excluding hydrogens is 435 g/mol. The van der Waals surface area contributed by atoms with E-state index in [2.05, 4.69) is 35.3 Å². The van der Waals surface area contributed by atoms with Gasteiger partial charge in [0.15, 0.2) is 5.65 Å². The second-order valence-corrected chi connectivity index (χ2v) is 9.38. The first-order valence-corrected chi connectivity index (χ1v) is 11.3. The summed E-state index contributed by atoms with van der Waals surface area (Å²) in [5.74, 6) is 1.62. The fourth-order valence-corrected chi connectivity index (χ4v) is 4.89. The standard InChI is InChI=1S/C22H36N6O.2ClH/c1-4-5-8-28-21-19(18(26-28)11-16(2)3)20(24-15-25-21)27-9-6-22(7-10-27)12-17(13-23)29-14-22;;/h15-17H,4-14,23H2,1-3H3;2*1H. The van der Waals surface area contributed by atoms with Crippen LogP contribution in [0.1, 0.15) is 58.6 Å². The number of anilines is 1. The lowest BCUT2D eigenvalue weighted by Gasteiger charge is -2.39. The summed E-state index contributed by atoms with van der Waals surface area (Å²) in [6.45, 7) is 11.1. The normalized spacial score (nSPS) is 20.3. The molecule has 1 spiro atoms. The topological polar surface area (TPSA) is 82.1 Å². The van der Waals surface area contributed by atoms with E-state index in [9.17, 15) is 0 Å². The van der Waals surface area contributed by atoms with E-state index in [1.54, 1.807) is 6.33 Å². The van der Waals surface area contributed by atoms with E-state index in [1.807, 2.05) is 0 Å². The first kappa shape index (κ1) is 26.1. The monoisotopic (exact) mass is 472 g/mol. The molecule has 2 aromatic rings. The van der Waals surface area contributed by atoms with Gasteiger partial charge in [-0.05, 0) is 43.4 Å². The van der Waals surface area contributed by atoms with Crippen molar-refractivity contribution in [2.45, 2.75) is 71.9 Å². The highest BCUT2D eigenvalue weighted by molar-refractivity contribution is 5.90. The van der Waals surface area contributed by atoms with Crippen LogP contribution >= 0.6 is 24.8 Å². The van der Waals surface area contributed by atoms with Crippen molar-refractivity contribution in [3.63, 3.8) is 0 Å². The molecule has 0 aromatic carbocycles. The second-order valence-electron chi connectivity index (χ2n) is 9.38. The van der Waals surface area contributed by atoms with E-state index in [-0.39, 0.29) is 30.9 Å². The first-order chi connectivity index (χ1) is 14.0. The molecule has 31 heavy (non-hydrogen) atoms. The van der Waals surface area contributed by atoms with E-state index in [0.29, 0.717) is 17.9 Å². The zero-order valence-corrected chi connectivity index (χ0v) is 20.7. The third kappa shape index (κ3) is 5.44. The minimum absolute atomic E-state index is 0. The maximum absolute atomic E-state index is 5.93. The van der Waals surface area contributed by atoms with Crippen molar-refractivity contribution < 1.29 is 4.74 Å². The SMILES string of the molecule is CCCCn1nc(CC(C)C)c2c(N3CCC4(CC3)COC(CN)C4)ncnc21.Cl.Cl. The fourth-order valence-electron chi connectivity index (χ4n) is 4.89. The number of aromatic nitrogens is 4. The smallest absolute Gasteiger partial charge is 0.163 e. The molecule has 1 atom stereocenters. The van der Waals surface area contributed by atoms with Gasteiger partial charge in [0.1, 0.15) is 12.1 Å². The van der Waals surface area contributed by atoms with Crippen LogP contribution < -0.4 is 10.6 Å². The molecule has 0 radical (unpaired) electrons. The minimum atomic E-state index is 0. The number of ether oxygens (including phenoxy) is 1. The van der Waals surface area contributed by atoms with Crippen LogP contribution in [-0.2, 0) is 17.7 Å². The predicted molar refractivity (Wildman–Crippen MR) is 131 cm³/mol. The summed E-state index contributed by atoms with van der Waals surface area (Å²) in [6, 6.07) is 0. The maximum atomic E-state index is 5.93. The quantitative estimate of drug-likeness (QED) is 0.655. The first-order valence-electron chi connectivity index (χ1n) is 11.3. The molecule has 4 heterocycles. The van der Waals surface area contributed by atoms with Gasteiger partial charge in [0.2, 0.25) is 0 Å². The number of nitrogens with zero attached hydrogens (tertiary/aromatic N) is 5. The third-order valence-electron chi connectivity index (χ3n) is 6.58. The average molecular weight is 473 g/mol. The highest BCUT2D eigenvalue weighted by atomic mass is 35.5. The maximum Gasteiger partial charge on any atom is 0.163 e. The highest BCUT2D eigenvalue weighted by Crippen LogP contribution is 2.43. The van der Waals surface area contributed by atoms with E-state index >= 15 is 0 Å². The van der Waals surface area contributed by atoms with Crippen molar-refractivity contribution in [1.82, 2.24) is 19.7 Å². The molecule has 0 bridgehead atoms. The van der Waals surface area contributed by atoms with Gasteiger partial charge in [-0.25, -0.2) is 14.6 Å². The van der Waals surface area contributed by atoms with Crippen LogP contribution in [0.5, 0.6) is 0 Å². The zero-order chi connectivity index (χ0) is 20.4. The summed E-state index contributed by atoms with van der Waals surface area (Å²) < 4.78 is 8.03. The Morgan fingerprint density at radius 1 is 1.23 bits per heavy atom. The summed E-state index contributed by atoms with van der Waals surface area (Å²) >= 11 is 0. The van der Waals surface area contributed by atoms with Gasteiger partial charge >= 0.3 is 0 Å². The summed E-state index contributed by atoms with van der Waals surface area (Å²) in [4.78, 5) is 11.8. The van der Waals surface area contributed by atoms with Gasteiger partial charge in [0.25, 0.3) is 0 Å². The van der Waals surface area contributed by atoms with E-state index in [1.165, 1.54) is 0 Å². The molecule has 2 fully saturated rings. The molecule has 9 heteroatoms. The van der Waals surface area contributed by atoms with Gasteiger partial charge in [-0.15, -0.1) is 24.8 Å². The molecule has 2 N–H and O–H groups in total. The van der Waals surface area contributed by atoms with Gasteiger partial charge < -0.3 is 15.4 Å². The number of rotatable bonds is 7. The largest absolute Gasteiger partial charge is 0.376 e. The molecule has 0 saturated carbocycles. The van der Waals surface area contributed by atoms with Crippen molar-refractivity contribution in [2.24, 2.45) is 17.1 Å². The third-order valence-corrected chi connectivity index (χ3v) is 6.58. The second kappa shape index (κ2) is 11.1. The van der Waals surface area contributed by atoms with Crippen LogP contribution in [0.3, 0.4) is 0 Å². The lowest BCUT2D eigenvalue weighted by molar-refractivity contribution is 0.0926. The molecule has 1 unspecified atom stereocenters. The molecule has 7 nitrogen and oxygen atoms in total. The number of hydrogen-bond donors (Lipinski definition) is 1. The average Bonchev–Trinajstić information content (AvgIpc) is 3.28. The van der Waals surface area contributed by atoms with Gasteiger partial charge in [-0.2, -0.15) is 5.10 Å². The number of halogens is 2. The van der Waals surface area contributed by atoms with E-state index < -0.39 is 0 Å². The zero-order valence-electron chi connectivity index (χ0n) is 19.0. The number of piperidine rings is 1. The summed E-state index contributed by atoms with van der Waals surface area (Å²) in [6.07, 6.45) is 8.56. The Morgan fingerprint density at radius 2 is 1.97 bits per heavy atom. The van der Waals surface area contributed by atoms with Crippen LogP contribution in [-0.4, -0.2) is 52.1 Å². The van der Waals surface area contributed by atoms with Crippen molar-refractivity contribution in [2.75, 3.05) is 31.1 Å². The lowest BCUT2D eigenvalue weighted by Crippen LogP contribution is -2.41. The van der Waals surface area contributed by atoms with Gasteiger partial charge in [0.05, 0.1) is 23.8 Å². The molecular formula is C22H38Cl2N6O. The van der Waals surface area contributed by atoms with E-state index in [0.717, 1.165) is 87.3 Å². The number of aryl methyl sites for hydroxylation is 1. The Hall–Kier alpha value is -1.15. The summed E-state index contributed by atoms with van der Waals surface area (Å²) in [7, 11) is 0. The predicted octanol–water partition coefficient (Wildman–Crippen LogP) is 4.00. The van der Waals surface area contributed by atoms with Crippen LogP contribution in [0.15, 0.2) is 6.33 Å². The number of nitrogens with two attached hydrogens (primary N) is 1. The van der Waals surface area contributed by atoms with Crippen molar-refractivity contribution in [3.8, 4) is 0 Å².